The standard InChI is InChI=1S/C18H38O4S.Na/c1-3-5-7-9-11-13-15-18(17-22-23(19,20)21)16-14-12-10-8-6-4-2;/h18H,3-17H2,1-2H3,(H,19,20,21);/q;+1/p-1. The molecule has 24 heavy (non-hydrogen) atoms. The third-order valence-electron chi connectivity index (χ3n) is 4.38. The van der Waals surface area contributed by atoms with Gasteiger partial charge < -0.3 is 4.55 Å². The Bertz CT molecular complexity index is 331. The molecule has 0 fully saturated rings. The largest absolute Gasteiger partial charge is 1.00 e. The average Bonchev–Trinajstić information content (AvgIpc) is 2.49. The van der Waals surface area contributed by atoms with Gasteiger partial charge >= 0.3 is 29.6 Å². The van der Waals surface area contributed by atoms with E-state index in [-0.39, 0.29) is 42.1 Å². The van der Waals surface area contributed by atoms with E-state index in [4.69, 9.17) is 0 Å². The van der Waals surface area contributed by atoms with Crippen LogP contribution in [0.5, 0.6) is 0 Å². The van der Waals surface area contributed by atoms with E-state index in [0.29, 0.717) is 0 Å². The molecule has 0 aromatic carbocycles. The van der Waals surface area contributed by atoms with Crippen molar-refractivity contribution < 1.29 is 46.7 Å². The van der Waals surface area contributed by atoms with Crippen LogP contribution in [0, 0.1) is 5.92 Å². The maximum Gasteiger partial charge on any atom is 1.00 e. The molecule has 0 amide bonds. The molecule has 0 bridgehead atoms. The van der Waals surface area contributed by atoms with Crippen molar-refractivity contribution in [2.24, 2.45) is 5.92 Å². The summed E-state index contributed by atoms with van der Waals surface area (Å²) in [5, 5.41) is 0. The van der Waals surface area contributed by atoms with Gasteiger partial charge in [0.2, 0.25) is 10.4 Å². The van der Waals surface area contributed by atoms with Crippen molar-refractivity contribution in [1.29, 1.82) is 0 Å². The van der Waals surface area contributed by atoms with E-state index < -0.39 is 10.4 Å². The molecule has 0 aromatic heterocycles. The van der Waals surface area contributed by atoms with Crippen LogP contribution in [0.3, 0.4) is 0 Å². The van der Waals surface area contributed by atoms with Crippen molar-refractivity contribution >= 4 is 10.4 Å². The molecule has 0 aromatic rings. The Kier molecular flexibility index (Phi) is 21.1. The summed E-state index contributed by atoms with van der Waals surface area (Å²) in [5.41, 5.74) is 0. The molecule has 0 spiro atoms. The predicted octanol–water partition coefficient (Wildman–Crippen LogP) is 2.58. The molecule has 0 aliphatic carbocycles. The van der Waals surface area contributed by atoms with Crippen molar-refractivity contribution in [1.82, 2.24) is 0 Å². The summed E-state index contributed by atoms with van der Waals surface area (Å²) in [6.45, 7) is 4.48. The van der Waals surface area contributed by atoms with E-state index in [0.717, 1.165) is 25.7 Å². The topological polar surface area (TPSA) is 66.4 Å². The number of rotatable bonds is 17. The Hall–Kier alpha value is 0.870. The summed E-state index contributed by atoms with van der Waals surface area (Å²) in [6, 6.07) is 0. The molecule has 6 heteroatoms. The van der Waals surface area contributed by atoms with E-state index in [2.05, 4.69) is 18.0 Å². The van der Waals surface area contributed by atoms with Crippen LogP contribution in [0.1, 0.15) is 104 Å². The summed E-state index contributed by atoms with van der Waals surface area (Å²) in [6.07, 6.45) is 16.7. The zero-order valence-corrected chi connectivity index (χ0v) is 19.0. The summed E-state index contributed by atoms with van der Waals surface area (Å²) < 4.78 is 36.5. The maximum absolute atomic E-state index is 10.7. The quantitative estimate of drug-likeness (QED) is 0.170. The van der Waals surface area contributed by atoms with Gasteiger partial charge in [0.25, 0.3) is 0 Å². The van der Waals surface area contributed by atoms with Gasteiger partial charge in [-0.2, -0.15) is 0 Å². The third-order valence-corrected chi connectivity index (χ3v) is 4.80. The first-order valence-corrected chi connectivity index (χ1v) is 10.9. The first kappa shape index (κ1) is 27.1. The van der Waals surface area contributed by atoms with Crippen LogP contribution in [0.25, 0.3) is 0 Å². The maximum atomic E-state index is 10.7. The molecule has 0 saturated carbocycles. The Morgan fingerprint density at radius 3 is 1.50 bits per heavy atom. The van der Waals surface area contributed by atoms with Crippen LogP contribution in [-0.2, 0) is 14.6 Å². The van der Waals surface area contributed by atoms with Gasteiger partial charge in [0, 0.05) is 0 Å². The van der Waals surface area contributed by atoms with Crippen molar-refractivity contribution in [2.75, 3.05) is 6.61 Å². The molecule has 4 nitrogen and oxygen atoms in total. The molecule has 0 N–H and O–H groups in total. The van der Waals surface area contributed by atoms with Gasteiger partial charge in [-0.25, -0.2) is 8.42 Å². The second-order valence-corrected chi connectivity index (χ2v) is 7.72. The van der Waals surface area contributed by atoms with Gasteiger partial charge in [0.05, 0.1) is 6.61 Å². The monoisotopic (exact) mass is 372 g/mol. The molecule has 0 radical (unpaired) electrons. The van der Waals surface area contributed by atoms with E-state index in [1.54, 1.807) is 0 Å². The van der Waals surface area contributed by atoms with Crippen LogP contribution in [0.15, 0.2) is 0 Å². The van der Waals surface area contributed by atoms with Gasteiger partial charge in [-0.3, -0.25) is 4.18 Å². The van der Waals surface area contributed by atoms with Crippen LogP contribution in [0.2, 0.25) is 0 Å². The Balaban J connectivity index is 0. The van der Waals surface area contributed by atoms with Crippen LogP contribution in [-0.4, -0.2) is 19.6 Å². The van der Waals surface area contributed by atoms with Crippen molar-refractivity contribution in [2.45, 2.75) is 104 Å². The molecule has 0 rings (SSSR count). The van der Waals surface area contributed by atoms with Crippen molar-refractivity contribution in [3.8, 4) is 0 Å². The summed E-state index contributed by atoms with van der Waals surface area (Å²) in [5.74, 6) is 0.205. The summed E-state index contributed by atoms with van der Waals surface area (Å²) >= 11 is 0. The van der Waals surface area contributed by atoms with Crippen molar-refractivity contribution in [3.05, 3.63) is 0 Å². The van der Waals surface area contributed by atoms with E-state index >= 15 is 0 Å². The van der Waals surface area contributed by atoms with Crippen molar-refractivity contribution in [3.63, 3.8) is 0 Å². The zero-order chi connectivity index (χ0) is 17.4. The normalized spacial score (nSPS) is 11.7. The molecule has 0 unspecified atom stereocenters. The number of hydrogen-bond acceptors (Lipinski definition) is 4. The summed E-state index contributed by atoms with van der Waals surface area (Å²) in [7, 11) is -4.55. The molecule has 0 aliphatic heterocycles. The van der Waals surface area contributed by atoms with E-state index in [1.807, 2.05) is 0 Å². The third kappa shape index (κ3) is 20.9. The fraction of sp³-hybridized carbons (Fsp3) is 1.00. The van der Waals surface area contributed by atoms with Gasteiger partial charge in [-0.1, -0.05) is 90.9 Å². The zero-order valence-electron chi connectivity index (χ0n) is 16.2. The van der Waals surface area contributed by atoms with Crippen LogP contribution >= 0.6 is 0 Å². The second-order valence-electron chi connectivity index (χ2n) is 6.67. The average molecular weight is 373 g/mol. The summed E-state index contributed by atoms with van der Waals surface area (Å²) in [4.78, 5) is 0. The Morgan fingerprint density at radius 2 is 1.12 bits per heavy atom. The molecule has 0 heterocycles. The minimum atomic E-state index is -4.55. The van der Waals surface area contributed by atoms with Gasteiger partial charge in [-0.15, -0.1) is 0 Å². The van der Waals surface area contributed by atoms with Crippen LogP contribution < -0.4 is 29.6 Å². The first-order valence-electron chi connectivity index (χ1n) is 9.59. The Morgan fingerprint density at radius 1 is 0.750 bits per heavy atom. The fourth-order valence-electron chi connectivity index (χ4n) is 2.92. The smallest absolute Gasteiger partial charge is 0.726 e. The molecule has 140 valence electrons. The minimum Gasteiger partial charge on any atom is -0.726 e. The molecular weight excluding hydrogens is 335 g/mol. The predicted molar refractivity (Wildman–Crippen MR) is 95.1 cm³/mol. The Labute approximate surface area is 172 Å². The fourth-order valence-corrected chi connectivity index (χ4v) is 3.28. The molecule has 0 saturated heterocycles. The van der Waals surface area contributed by atoms with Gasteiger partial charge in [-0.05, 0) is 18.8 Å². The first-order chi connectivity index (χ1) is 11.0. The van der Waals surface area contributed by atoms with Gasteiger partial charge in [0.15, 0.2) is 0 Å². The second kappa shape index (κ2) is 18.7. The minimum absolute atomic E-state index is 0. The van der Waals surface area contributed by atoms with E-state index in [9.17, 15) is 13.0 Å². The van der Waals surface area contributed by atoms with E-state index in [1.165, 1.54) is 64.2 Å². The SMILES string of the molecule is CCCCCCCCC(CCCCCCCC)COS(=O)(=O)[O-].[Na+]. The van der Waals surface area contributed by atoms with Gasteiger partial charge in [0.1, 0.15) is 0 Å². The van der Waals surface area contributed by atoms with Crippen LogP contribution in [0.4, 0.5) is 0 Å². The molecular formula is C18H37NaO4S. The number of unbranched alkanes of at least 4 members (excludes halogenated alkanes) is 10. The molecule has 0 atom stereocenters. The number of hydrogen-bond donors (Lipinski definition) is 0. The molecule has 0 aliphatic rings.